The maximum Gasteiger partial charge on any atom is 0.287 e. The molecule has 1 fully saturated rings. The molecule has 2 amide bonds. The van der Waals surface area contributed by atoms with E-state index in [-0.39, 0.29) is 30.2 Å². The van der Waals surface area contributed by atoms with Gasteiger partial charge >= 0.3 is 0 Å². The zero-order valence-electron chi connectivity index (χ0n) is 16.5. The van der Waals surface area contributed by atoms with Gasteiger partial charge in [0.1, 0.15) is 11.5 Å². The first-order valence-electron chi connectivity index (χ1n) is 10.5. The van der Waals surface area contributed by atoms with Crippen molar-refractivity contribution in [2.75, 3.05) is 0 Å². The molecule has 4 rings (SSSR count). The van der Waals surface area contributed by atoms with E-state index in [1.165, 1.54) is 18.6 Å². The molecular weight excluding hydrogens is 371 g/mol. The van der Waals surface area contributed by atoms with E-state index in [0.717, 1.165) is 56.2 Å². The molecule has 1 aliphatic heterocycles. The molecule has 0 saturated heterocycles. The highest BCUT2D eigenvalue weighted by molar-refractivity contribution is 5.97. The number of benzene rings is 1. The number of halogens is 1. The number of carbonyl (C=O) groups excluding carboxylic acids is 2. The molecule has 1 aliphatic carbocycles. The SMILES string of the molecule is O=C(NCc1ccc(F)cc1)c1nc(C(=O)NC2CCCCC2)n2c1CCCC2. The Balaban J connectivity index is 1.49. The van der Waals surface area contributed by atoms with Gasteiger partial charge in [0.2, 0.25) is 0 Å². The van der Waals surface area contributed by atoms with Crippen LogP contribution in [0.2, 0.25) is 0 Å². The van der Waals surface area contributed by atoms with Gasteiger partial charge in [0.25, 0.3) is 11.8 Å². The topological polar surface area (TPSA) is 76.0 Å². The molecule has 0 bridgehead atoms. The molecule has 2 aliphatic rings. The fourth-order valence-electron chi connectivity index (χ4n) is 4.26. The van der Waals surface area contributed by atoms with Crippen LogP contribution in [0, 0.1) is 5.82 Å². The number of carbonyl (C=O) groups is 2. The van der Waals surface area contributed by atoms with Crippen LogP contribution >= 0.6 is 0 Å². The summed E-state index contributed by atoms with van der Waals surface area (Å²) in [6.45, 7) is 0.996. The van der Waals surface area contributed by atoms with Gasteiger partial charge in [-0.25, -0.2) is 9.37 Å². The van der Waals surface area contributed by atoms with E-state index in [2.05, 4.69) is 15.6 Å². The highest BCUT2D eigenvalue weighted by Gasteiger charge is 2.28. The molecule has 154 valence electrons. The van der Waals surface area contributed by atoms with Crippen molar-refractivity contribution in [3.8, 4) is 0 Å². The first kappa shape index (κ1) is 19.6. The van der Waals surface area contributed by atoms with E-state index in [4.69, 9.17) is 0 Å². The van der Waals surface area contributed by atoms with Gasteiger partial charge in [-0.3, -0.25) is 9.59 Å². The molecule has 0 radical (unpaired) electrons. The fraction of sp³-hybridized carbons (Fsp3) is 0.500. The second-order valence-electron chi connectivity index (χ2n) is 7.96. The van der Waals surface area contributed by atoms with Gasteiger partial charge in [0.05, 0.1) is 5.69 Å². The highest BCUT2D eigenvalue weighted by Crippen LogP contribution is 2.22. The van der Waals surface area contributed by atoms with Crippen molar-refractivity contribution >= 4 is 11.8 Å². The maximum atomic E-state index is 13.0. The molecule has 1 saturated carbocycles. The first-order chi connectivity index (χ1) is 14.1. The minimum atomic E-state index is -0.308. The van der Waals surface area contributed by atoms with Crippen LogP contribution in [0.5, 0.6) is 0 Å². The Bertz CT molecular complexity index is 885. The van der Waals surface area contributed by atoms with Crippen LogP contribution in [0.1, 0.15) is 77.3 Å². The van der Waals surface area contributed by atoms with Gasteiger partial charge in [0, 0.05) is 19.1 Å². The zero-order chi connectivity index (χ0) is 20.2. The molecule has 7 heteroatoms. The molecule has 1 aromatic carbocycles. The summed E-state index contributed by atoms with van der Waals surface area (Å²) in [5.41, 5.74) is 1.98. The molecule has 6 nitrogen and oxygen atoms in total. The van der Waals surface area contributed by atoms with Crippen LogP contribution in [-0.4, -0.2) is 27.4 Å². The van der Waals surface area contributed by atoms with Crippen LogP contribution in [0.25, 0.3) is 0 Å². The summed E-state index contributed by atoms with van der Waals surface area (Å²) in [7, 11) is 0. The second kappa shape index (κ2) is 8.76. The summed E-state index contributed by atoms with van der Waals surface area (Å²) in [5, 5.41) is 5.96. The molecule has 0 atom stereocenters. The molecule has 29 heavy (non-hydrogen) atoms. The lowest BCUT2D eigenvalue weighted by Gasteiger charge is -2.23. The lowest BCUT2D eigenvalue weighted by molar-refractivity contribution is 0.0911. The average Bonchev–Trinajstić information content (AvgIpc) is 3.14. The van der Waals surface area contributed by atoms with Crippen molar-refractivity contribution in [2.45, 2.75) is 70.5 Å². The van der Waals surface area contributed by atoms with Crippen molar-refractivity contribution in [3.05, 3.63) is 52.9 Å². The van der Waals surface area contributed by atoms with E-state index in [9.17, 15) is 14.0 Å². The predicted molar refractivity (Wildman–Crippen MR) is 107 cm³/mol. The molecular formula is C22H27FN4O2. The van der Waals surface area contributed by atoms with Crippen molar-refractivity contribution in [1.82, 2.24) is 20.2 Å². The van der Waals surface area contributed by atoms with Crippen LogP contribution < -0.4 is 10.6 Å². The number of amides is 2. The van der Waals surface area contributed by atoms with E-state index in [1.807, 2.05) is 4.57 Å². The summed E-state index contributed by atoms with van der Waals surface area (Å²) >= 11 is 0. The minimum absolute atomic E-state index is 0.183. The van der Waals surface area contributed by atoms with Gasteiger partial charge in [0.15, 0.2) is 5.82 Å². The molecule has 0 spiro atoms. The van der Waals surface area contributed by atoms with Gasteiger partial charge in [-0.15, -0.1) is 0 Å². The van der Waals surface area contributed by atoms with Crippen molar-refractivity contribution in [3.63, 3.8) is 0 Å². The Morgan fingerprint density at radius 3 is 2.55 bits per heavy atom. The number of fused-ring (bicyclic) bond motifs is 1. The molecule has 0 unspecified atom stereocenters. The Morgan fingerprint density at radius 2 is 1.79 bits per heavy atom. The first-order valence-corrected chi connectivity index (χ1v) is 10.5. The largest absolute Gasteiger partial charge is 0.347 e. The Morgan fingerprint density at radius 1 is 1.03 bits per heavy atom. The zero-order valence-corrected chi connectivity index (χ0v) is 16.5. The fourth-order valence-corrected chi connectivity index (χ4v) is 4.26. The second-order valence-corrected chi connectivity index (χ2v) is 7.96. The van der Waals surface area contributed by atoms with Gasteiger partial charge in [-0.05, 0) is 49.8 Å². The lowest BCUT2D eigenvalue weighted by atomic mass is 9.95. The van der Waals surface area contributed by atoms with Gasteiger partial charge < -0.3 is 15.2 Å². The number of rotatable bonds is 5. The number of nitrogens with zero attached hydrogens (tertiary/aromatic N) is 2. The molecule has 2 heterocycles. The van der Waals surface area contributed by atoms with Crippen LogP contribution in [0.3, 0.4) is 0 Å². The van der Waals surface area contributed by atoms with E-state index in [1.54, 1.807) is 12.1 Å². The normalized spacial score (nSPS) is 16.9. The third-order valence-corrected chi connectivity index (χ3v) is 5.84. The quantitative estimate of drug-likeness (QED) is 0.811. The summed E-state index contributed by atoms with van der Waals surface area (Å²) in [4.78, 5) is 30.1. The van der Waals surface area contributed by atoms with Crippen molar-refractivity contribution < 1.29 is 14.0 Å². The monoisotopic (exact) mass is 398 g/mol. The van der Waals surface area contributed by atoms with Crippen LogP contribution in [0.4, 0.5) is 4.39 Å². The van der Waals surface area contributed by atoms with Gasteiger partial charge in [-0.1, -0.05) is 31.4 Å². The smallest absolute Gasteiger partial charge is 0.287 e. The van der Waals surface area contributed by atoms with E-state index in [0.29, 0.717) is 18.1 Å². The summed E-state index contributed by atoms with van der Waals surface area (Å²) in [6, 6.07) is 6.22. The van der Waals surface area contributed by atoms with E-state index < -0.39 is 0 Å². The third kappa shape index (κ3) is 4.49. The Labute approximate surface area is 169 Å². The maximum absolute atomic E-state index is 13.0. The van der Waals surface area contributed by atoms with Gasteiger partial charge in [-0.2, -0.15) is 0 Å². The van der Waals surface area contributed by atoms with Crippen molar-refractivity contribution in [2.24, 2.45) is 0 Å². The molecule has 2 N–H and O–H groups in total. The molecule has 2 aromatic rings. The van der Waals surface area contributed by atoms with Crippen LogP contribution in [0.15, 0.2) is 24.3 Å². The highest BCUT2D eigenvalue weighted by atomic mass is 19.1. The Kier molecular flexibility index (Phi) is 5.92. The van der Waals surface area contributed by atoms with E-state index >= 15 is 0 Å². The summed E-state index contributed by atoms with van der Waals surface area (Å²) < 4.78 is 15.0. The minimum Gasteiger partial charge on any atom is -0.347 e. The third-order valence-electron chi connectivity index (χ3n) is 5.84. The summed E-state index contributed by atoms with van der Waals surface area (Å²) in [6.07, 6.45) is 8.21. The number of hydrogen-bond acceptors (Lipinski definition) is 3. The number of nitrogens with one attached hydrogen (secondary N) is 2. The molecule has 1 aromatic heterocycles. The average molecular weight is 398 g/mol. The lowest BCUT2D eigenvalue weighted by Crippen LogP contribution is -2.37. The standard InChI is InChI=1S/C22H27FN4O2/c23-16-11-9-15(10-12-16)14-24-21(28)19-18-8-4-5-13-27(18)20(26-19)22(29)25-17-6-2-1-3-7-17/h9-12,17H,1-8,13-14H2,(H,24,28)(H,25,29). The van der Waals surface area contributed by atoms with Crippen molar-refractivity contribution in [1.29, 1.82) is 0 Å². The number of aromatic nitrogens is 2. The predicted octanol–water partition coefficient (Wildman–Crippen LogP) is 3.35. The summed E-state index contributed by atoms with van der Waals surface area (Å²) in [5.74, 6) is -0.441. The number of hydrogen-bond donors (Lipinski definition) is 2. The van der Waals surface area contributed by atoms with Crippen LogP contribution in [-0.2, 0) is 19.5 Å². The Hall–Kier alpha value is -2.70. The number of imidazole rings is 1.